The third-order valence-corrected chi connectivity index (χ3v) is 3.46. The van der Waals surface area contributed by atoms with E-state index < -0.39 is 0 Å². The first kappa shape index (κ1) is 14.5. The minimum Gasteiger partial charge on any atom is -0.496 e. The molecule has 0 saturated carbocycles. The zero-order valence-electron chi connectivity index (χ0n) is 12.4. The molecule has 2 rings (SSSR count). The molecule has 1 aromatic heterocycles. The fraction of sp³-hybridized carbons (Fsp3) is 0.375. The average Bonchev–Trinajstić information content (AvgIpc) is 2.96. The smallest absolute Gasteiger partial charge is 0.127 e. The Kier molecular flexibility index (Phi) is 4.69. The van der Waals surface area contributed by atoms with Crippen molar-refractivity contribution in [3.05, 3.63) is 47.4 Å². The zero-order valence-corrected chi connectivity index (χ0v) is 12.4. The van der Waals surface area contributed by atoms with Gasteiger partial charge in [0.25, 0.3) is 0 Å². The second-order valence-corrected chi connectivity index (χ2v) is 4.45. The molecule has 1 atom stereocenters. The minimum absolute atomic E-state index is 0.0326. The van der Waals surface area contributed by atoms with E-state index in [-0.39, 0.29) is 6.04 Å². The van der Waals surface area contributed by atoms with Gasteiger partial charge in [-0.05, 0) is 25.2 Å². The van der Waals surface area contributed by atoms with Gasteiger partial charge in [-0.1, -0.05) is 13.0 Å². The second kappa shape index (κ2) is 6.48. The summed E-state index contributed by atoms with van der Waals surface area (Å²) in [6, 6.07) is 7.76. The number of hydrogen-bond acceptors (Lipinski definition) is 4. The van der Waals surface area contributed by atoms with Crippen LogP contribution in [0.25, 0.3) is 0 Å². The van der Waals surface area contributed by atoms with E-state index in [4.69, 9.17) is 13.9 Å². The normalized spacial score (nSPS) is 12.2. The molecule has 4 heteroatoms. The number of methoxy groups -OCH3 is 2. The van der Waals surface area contributed by atoms with E-state index in [1.54, 1.807) is 20.5 Å². The molecule has 0 saturated heterocycles. The van der Waals surface area contributed by atoms with Crippen molar-refractivity contribution in [1.82, 2.24) is 5.32 Å². The van der Waals surface area contributed by atoms with Crippen LogP contribution in [-0.4, -0.2) is 21.3 Å². The summed E-state index contributed by atoms with van der Waals surface area (Å²) in [6.45, 7) is 2.08. The van der Waals surface area contributed by atoms with Gasteiger partial charge in [-0.3, -0.25) is 0 Å². The van der Waals surface area contributed by atoms with Crippen LogP contribution in [0.2, 0.25) is 0 Å². The van der Waals surface area contributed by atoms with Crippen LogP contribution in [-0.2, 0) is 6.42 Å². The molecule has 1 heterocycles. The molecule has 0 amide bonds. The fourth-order valence-electron chi connectivity index (χ4n) is 2.51. The molecular formula is C16H21NO3. The minimum atomic E-state index is -0.0326. The molecule has 0 aliphatic carbocycles. The Labute approximate surface area is 119 Å². The molecule has 108 valence electrons. The maximum atomic E-state index is 5.54. The highest BCUT2D eigenvalue weighted by Crippen LogP contribution is 2.38. The monoisotopic (exact) mass is 275 g/mol. The molecular weight excluding hydrogens is 254 g/mol. The summed E-state index contributed by atoms with van der Waals surface area (Å²) in [5, 5.41) is 3.32. The Morgan fingerprint density at radius 2 is 1.80 bits per heavy atom. The number of rotatable bonds is 6. The quantitative estimate of drug-likeness (QED) is 0.879. The Balaban J connectivity index is 2.57. The lowest BCUT2D eigenvalue weighted by molar-refractivity contribution is 0.378. The number of nitrogens with one attached hydrogen (secondary N) is 1. The topological polar surface area (TPSA) is 43.6 Å². The summed E-state index contributed by atoms with van der Waals surface area (Å²) in [7, 11) is 5.26. The first-order valence-electron chi connectivity index (χ1n) is 6.71. The SMILES string of the molecule is CCc1occc1C(NC)c1c(OC)cccc1OC. The molecule has 4 nitrogen and oxygen atoms in total. The summed E-state index contributed by atoms with van der Waals surface area (Å²) in [5.74, 6) is 2.57. The number of hydrogen-bond donors (Lipinski definition) is 1. The Bertz CT molecular complexity index is 540. The van der Waals surface area contributed by atoms with Crippen molar-refractivity contribution in [2.24, 2.45) is 0 Å². The van der Waals surface area contributed by atoms with Crippen LogP contribution in [0.5, 0.6) is 11.5 Å². The van der Waals surface area contributed by atoms with Gasteiger partial charge in [-0.2, -0.15) is 0 Å². The van der Waals surface area contributed by atoms with E-state index >= 15 is 0 Å². The molecule has 2 aromatic rings. The molecule has 0 aliphatic rings. The Morgan fingerprint density at radius 3 is 2.30 bits per heavy atom. The van der Waals surface area contributed by atoms with Crippen molar-refractivity contribution in [1.29, 1.82) is 0 Å². The molecule has 1 aromatic carbocycles. The third-order valence-electron chi connectivity index (χ3n) is 3.46. The van der Waals surface area contributed by atoms with Gasteiger partial charge in [0, 0.05) is 12.0 Å². The van der Waals surface area contributed by atoms with E-state index in [1.807, 2.05) is 31.3 Å². The van der Waals surface area contributed by atoms with Crippen molar-refractivity contribution in [3.63, 3.8) is 0 Å². The molecule has 0 fully saturated rings. The van der Waals surface area contributed by atoms with Crippen LogP contribution < -0.4 is 14.8 Å². The Morgan fingerprint density at radius 1 is 1.15 bits per heavy atom. The maximum absolute atomic E-state index is 5.54. The van der Waals surface area contributed by atoms with Crippen LogP contribution in [0.15, 0.2) is 34.9 Å². The van der Waals surface area contributed by atoms with E-state index in [0.29, 0.717) is 0 Å². The second-order valence-electron chi connectivity index (χ2n) is 4.45. The van der Waals surface area contributed by atoms with Crippen molar-refractivity contribution in [2.45, 2.75) is 19.4 Å². The molecule has 20 heavy (non-hydrogen) atoms. The first-order valence-corrected chi connectivity index (χ1v) is 6.71. The summed E-state index contributed by atoms with van der Waals surface area (Å²) in [5.41, 5.74) is 2.09. The summed E-state index contributed by atoms with van der Waals surface area (Å²) >= 11 is 0. The summed E-state index contributed by atoms with van der Waals surface area (Å²) in [4.78, 5) is 0. The summed E-state index contributed by atoms with van der Waals surface area (Å²) in [6.07, 6.45) is 2.57. The van der Waals surface area contributed by atoms with Crippen molar-refractivity contribution in [2.75, 3.05) is 21.3 Å². The molecule has 1 N–H and O–H groups in total. The van der Waals surface area contributed by atoms with Gasteiger partial charge < -0.3 is 19.2 Å². The average molecular weight is 275 g/mol. The van der Waals surface area contributed by atoms with E-state index in [0.717, 1.165) is 34.8 Å². The van der Waals surface area contributed by atoms with Gasteiger partial charge in [-0.15, -0.1) is 0 Å². The van der Waals surface area contributed by atoms with Crippen molar-refractivity contribution in [3.8, 4) is 11.5 Å². The number of aryl methyl sites for hydroxylation is 1. The summed E-state index contributed by atoms with van der Waals surface area (Å²) < 4.78 is 16.5. The molecule has 1 unspecified atom stereocenters. The predicted octanol–water partition coefficient (Wildman–Crippen LogP) is 3.17. The van der Waals surface area contributed by atoms with Gasteiger partial charge >= 0.3 is 0 Å². The van der Waals surface area contributed by atoms with Crippen LogP contribution in [0.4, 0.5) is 0 Å². The highest BCUT2D eigenvalue weighted by Gasteiger charge is 2.24. The number of furan rings is 1. The van der Waals surface area contributed by atoms with Gasteiger partial charge in [-0.25, -0.2) is 0 Å². The van der Waals surface area contributed by atoms with Crippen molar-refractivity contribution >= 4 is 0 Å². The lowest BCUT2D eigenvalue weighted by Gasteiger charge is -2.22. The number of benzene rings is 1. The number of ether oxygens (including phenoxy) is 2. The molecule has 0 spiro atoms. The lowest BCUT2D eigenvalue weighted by Crippen LogP contribution is -2.20. The highest BCUT2D eigenvalue weighted by molar-refractivity contribution is 5.51. The lowest BCUT2D eigenvalue weighted by atomic mass is 9.96. The maximum Gasteiger partial charge on any atom is 0.127 e. The van der Waals surface area contributed by atoms with E-state index in [9.17, 15) is 0 Å². The fourth-order valence-corrected chi connectivity index (χ4v) is 2.51. The van der Waals surface area contributed by atoms with E-state index in [1.165, 1.54) is 0 Å². The molecule has 0 aliphatic heterocycles. The van der Waals surface area contributed by atoms with Crippen molar-refractivity contribution < 1.29 is 13.9 Å². The Hall–Kier alpha value is -1.94. The predicted molar refractivity (Wildman–Crippen MR) is 78.5 cm³/mol. The zero-order chi connectivity index (χ0) is 14.5. The van der Waals surface area contributed by atoms with Crippen LogP contribution in [0, 0.1) is 0 Å². The molecule has 0 bridgehead atoms. The largest absolute Gasteiger partial charge is 0.496 e. The van der Waals surface area contributed by atoms with Gasteiger partial charge in [0.1, 0.15) is 17.3 Å². The highest BCUT2D eigenvalue weighted by atomic mass is 16.5. The van der Waals surface area contributed by atoms with Crippen LogP contribution in [0.1, 0.15) is 29.9 Å². The van der Waals surface area contributed by atoms with Crippen LogP contribution in [0.3, 0.4) is 0 Å². The standard InChI is InChI=1S/C16H21NO3/c1-5-12-11(9-10-20-12)16(17-2)15-13(18-3)7-6-8-14(15)19-4/h6-10,16-17H,5H2,1-4H3. The van der Waals surface area contributed by atoms with Gasteiger partial charge in [0.2, 0.25) is 0 Å². The third kappa shape index (κ3) is 2.51. The van der Waals surface area contributed by atoms with Gasteiger partial charge in [0.15, 0.2) is 0 Å². The molecule has 0 radical (unpaired) electrons. The first-order chi connectivity index (χ1) is 9.76. The van der Waals surface area contributed by atoms with Gasteiger partial charge in [0.05, 0.1) is 32.1 Å². The van der Waals surface area contributed by atoms with Crippen LogP contribution >= 0.6 is 0 Å². The van der Waals surface area contributed by atoms with E-state index in [2.05, 4.69) is 12.2 Å².